The second-order valence-electron chi connectivity index (χ2n) is 4.79. The van der Waals surface area contributed by atoms with Crippen molar-refractivity contribution in [2.75, 3.05) is 0 Å². The molecule has 1 nitrogen and oxygen atoms in total. The summed E-state index contributed by atoms with van der Waals surface area (Å²) < 4.78 is 1.08. The highest BCUT2D eigenvalue weighted by atomic mass is 32.1. The molecule has 0 spiro atoms. The number of hydrogen-bond acceptors (Lipinski definition) is 2. The predicted molar refractivity (Wildman–Crippen MR) is 81.2 cm³/mol. The summed E-state index contributed by atoms with van der Waals surface area (Å²) in [5, 5.41) is 3.17. The second kappa shape index (κ2) is 4.63. The maximum absolute atomic E-state index is 12.7. The van der Waals surface area contributed by atoms with Gasteiger partial charge in [-0.1, -0.05) is 35.9 Å². The number of carbonyl (C=O) groups is 1. The molecule has 1 heterocycles. The molecule has 1 aromatic heterocycles. The van der Waals surface area contributed by atoms with Crippen LogP contribution in [0.5, 0.6) is 0 Å². The van der Waals surface area contributed by atoms with Gasteiger partial charge in [0.2, 0.25) is 0 Å². The van der Waals surface area contributed by atoms with Crippen LogP contribution in [0, 0.1) is 13.8 Å². The first kappa shape index (κ1) is 12.1. The van der Waals surface area contributed by atoms with Crippen molar-refractivity contribution in [3.05, 3.63) is 70.1 Å². The number of ketones is 1. The van der Waals surface area contributed by atoms with E-state index in [1.165, 1.54) is 5.56 Å². The van der Waals surface area contributed by atoms with Crippen LogP contribution in [0.15, 0.2) is 47.8 Å². The zero-order valence-electron chi connectivity index (χ0n) is 10.9. The van der Waals surface area contributed by atoms with Crippen LogP contribution < -0.4 is 0 Å². The van der Waals surface area contributed by atoms with Gasteiger partial charge in [0.1, 0.15) is 0 Å². The molecule has 0 amide bonds. The lowest BCUT2D eigenvalue weighted by Crippen LogP contribution is -2.04. The van der Waals surface area contributed by atoms with Crippen molar-refractivity contribution in [1.82, 2.24) is 0 Å². The summed E-state index contributed by atoms with van der Waals surface area (Å²) in [6.07, 6.45) is 0. The first-order chi connectivity index (χ1) is 9.16. The van der Waals surface area contributed by atoms with Gasteiger partial charge in [-0.25, -0.2) is 0 Å². The number of benzene rings is 2. The summed E-state index contributed by atoms with van der Waals surface area (Å²) in [4.78, 5) is 12.7. The van der Waals surface area contributed by atoms with E-state index >= 15 is 0 Å². The van der Waals surface area contributed by atoms with Crippen LogP contribution in [0.25, 0.3) is 10.1 Å². The van der Waals surface area contributed by atoms with E-state index in [9.17, 15) is 4.79 Å². The SMILES string of the molecule is Cc1ccc(C(=O)c2cccc3ccsc23)c(C)c1. The van der Waals surface area contributed by atoms with Crippen LogP contribution in [-0.2, 0) is 0 Å². The van der Waals surface area contributed by atoms with E-state index in [4.69, 9.17) is 0 Å². The molecule has 0 bridgehead atoms. The van der Waals surface area contributed by atoms with Crippen LogP contribution in [0.1, 0.15) is 27.0 Å². The Labute approximate surface area is 116 Å². The Morgan fingerprint density at radius 3 is 2.63 bits per heavy atom. The quantitative estimate of drug-likeness (QED) is 0.612. The molecule has 0 aliphatic carbocycles. The van der Waals surface area contributed by atoms with Crippen LogP contribution in [0.3, 0.4) is 0 Å². The average molecular weight is 266 g/mol. The fourth-order valence-corrected chi connectivity index (χ4v) is 3.30. The third-order valence-corrected chi connectivity index (χ3v) is 4.31. The van der Waals surface area contributed by atoms with Crippen LogP contribution >= 0.6 is 11.3 Å². The number of fused-ring (bicyclic) bond motifs is 1. The molecule has 94 valence electrons. The van der Waals surface area contributed by atoms with E-state index in [2.05, 4.69) is 12.1 Å². The van der Waals surface area contributed by atoms with Gasteiger partial charge < -0.3 is 0 Å². The highest BCUT2D eigenvalue weighted by Gasteiger charge is 2.15. The fraction of sp³-hybridized carbons (Fsp3) is 0.118. The first-order valence-corrected chi connectivity index (χ1v) is 7.13. The number of rotatable bonds is 2. The Kier molecular flexibility index (Phi) is 2.96. The topological polar surface area (TPSA) is 17.1 Å². The summed E-state index contributed by atoms with van der Waals surface area (Å²) in [5.74, 6) is 0.116. The second-order valence-corrected chi connectivity index (χ2v) is 5.71. The fourth-order valence-electron chi connectivity index (χ4n) is 2.39. The molecule has 2 aromatic carbocycles. The van der Waals surface area contributed by atoms with Crippen molar-refractivity contribution in [3.63, 3.8) is 0 Å². The average Bonchev–Trinajstić information content (AvgIpc) is 2.86. The van der Waals surface area contributed by atoms with Gasteiger partial charge in [0, 0.05) is 15.8 Å². The Balaban J connectivity index is 2.16. The summed E-state index contributed by atoms with van der Waals surface area (Å²) in [7, 11) is 0. The van der Waals surface area contributed by atoms with Gasteiger partial charge in [-0.2, -0.15) is 0 Å². The van der Waals surface area contributed by atoms with E-state index in [1.807, 2.05) is 49.6 Å². The van der Waals surface area contributed by atoms with Gasteiger partial charge in [-0.15, -0.1) is 11.3 Å². The molecule has 0 aliphatic rings. The molecular formula is C17H14OS. The van der Waals surface area contributed by atoms with Crippen molar-refractivity contribution < 1.29 is 4.79 Å². The lowest BCUT2D eigenvalue weighted by Gasteiger charge is -2.07. The maximum atomic E-state index is 12.7. The van der Waals surface area contributed by atoms with Gasteiger partial charge >= 0.3 is 0 Å². The molecule has 3 rings (SSSR count). The third-order valence-electron chi connectivity index (χ3n) is 3.35. The standard InChI is InChI=1S/C17H14OS/c1-11-6-7-14(12(2)10-11)16(18)15-5-3-4-13-8-9-19-17(13)15/h3-10H,1-2H3. The number of aryl methyl sites for hydroxylation is 2. The van der Waals surface area contributed by atoms with E-state index in [0.29, 0.717) is 0 Å². The van der Waals surface area contributed by atoms with Gasteiger partial charge in [0.25, 0.3) is 0 Å². The minimum Gasteiger partial charge on any atom is -0.289 e. The Hall–Kier alpha value is -1.93. The van der Waals surface area contributed by atoms with Crippen molar-refractivity contribution in [1.29, 1.82) is 0 Å². The molecule has 0 atom stereocenters. The largest absolute Gasteiger partial charge is 0.289 e. The van der Waals surface area contributed by atoms with Crippen LogP contribution in [0.2, 0.25) is 0 Å². The summed E-state index contributed by atoms with van der Waals surface area (Å²) in [5.41, 5.74) is 3.83. The maximum Gasteiger partial charge on any atom is 0.194 e. The molecular weight excluding hydrogens is 252 g/mol. The lowest BCUT2D eigenvalue weighted by atomic mass is 9.97. The van der Waals surface area contributed by atoms with E-state index < -0.39 is 0 Å². The molecule has 0 unspecified atom stereocenters. The molecule has 0 saturated heterocycles. The monoisotopic (exact) mass is 266 g/mol. The predicted octanol–water partition coefficient (Wildman–Crippen LogP) is 4.75. The molecule has 0 fully saturated rings. The third kappa shape index (κ3) is 2.08. The van der Waals surface area contributed by atoms with Crippen molar-refractivity contribution >= 4 is 27.2 Å². The normalized spacial score (nSPS) is 10.8. The summed E-state index contributed by atoms with van der Waals surface area (Å²) in [6, 6.07) is 14.0. The van der Waals surface area contributed by atoms with E-state index in [1.54, 1.807) is 11.3 Å². The zero-order valence-corrected chi connectivity index (χ0v) is 11.8. The molecule has 19 heavy (non-hydrogen) atoms. The van der Waals surface area contributed by atoms with Gasteiger partial charge in [-0.05, 0) is 42.3 Å². The van der Waals surface area contributed by atoms with Gasteiger partial charge in [0.05, 0.1) is 0 Å². The Bertz CT molecular complexity index is 768. The molecule has 3 aromatic rings. The first-order valence-electron chi connectivity index (χ1n) is 6.25. The smallest absolute Gasteiger partial charge is 0.194 e. The number of thiophene rings is 1. The van der Waals surface area contributed by atoms with Crippen molar-refractivity contribution in [3.8, 4) is 0 Å². The van der Waals surface area contributed by atoms with E-state index in [0.717, 1.165) is 26.8 Å². The van der Waals surface area contributed by atoms with Crippen LogP contribution in [-0.4, -0.2) is 5.78 Å². The number of carbonyl (C=O) groups excluding carboxylic acids is 1. The zero-order chi connectivity index (χ0) is 13.4. The Morgan fingerprint density at radius 1 is 1.00 bits per heavy atom. The molecule has 2 heteroatoms. The highest BCUT2D eigenvalue weighted by Crippen LogP contribution is 2.27. The minimum atomic E-state index is 0.116. The minimum absolute atomic E-state index is 0.116. The van der Waals surface area contributed by atoms with Crippen molar-refractivity contribution in [2.45, 2.75) is 13.8 Å². The summed E-state index contributed by atoms with van der Waals surface area (Å²) >= 11 is 1.63. The van der Waals surface area contributed by atoms with E-state index in [-0.39, 0.29) is 5.78 Å². The number of hydrogen-bond donors (Lipinski definition) is 0. The van der Waals surface area contributed by atoms with Gasteiger partial charge in [-0.3, -0.25) is 4.79 Å². The van der Waals surface area contributed by atoms with Gasteiger partial charge in [0.15, 0.2) is 5.78 Å². The molecule has 0 saturated carbocycles. The lowest BCUT2D eigenvalue weighted by molar-refractivity contribution is 0.104. The molecule has 0 aliphatic heterocycles. The Morgan fingerprint density at radius 2 is 1.84 bits per heavy atom. The summed E-state index contributed by atoms with van der Waals surface area (Å²) in [6.45, 7) is 4.04. The molecule has 0 N–H and O–H groups in total. The van der Waals surface area contributed by atoms with Crippen molar-refractivity contribution in [2.24, 2.45) is 0 Å². The highest BCUT2D eigenvalue weighted by molar-refractivity contribution is 7.17. The molecule has 0 radical (unpaired) electrons. The van der Waals surface area contributed by atoms with Crippen LogP contribution in [0.4, 0.5) is 0 Å².